The highest BCUT2D eigenvalue weighted by atomic mass is 32.2. The zero-order valence-corrected chi connectivity index (χ0v) is 17.2. The summed E-state index contributed by atoms with van der Waals surface area (Å²) in [6, 6.07) is 12.4. The Labute approximate surface area is 166 Å². The van der Waals surface area contributed by atoms with Gasteiger partial charge in [-0.25, -0.2) is 8.42 Å². The average molecular weight is 400 g/mol. The summed E-state index contributed by atoms with van der Waals surface area (Å²) in [5.41, 5.74) is 3.64. The number of hydrogen-bond acceptors (Lipinski definition) is 4. The minimum atomic E-state index is -3.70. The first-order valence-electron chi connectivity index (χ1n) is 9.48. The topological polar surface area (TPSA) is 69.7 Å². The summed E-state index contributed by atoms with van der Waals surface area (Å²) in [4.78, 5) is 13.7. The minimum absolute atomic E-state index is 0.0620. The number of benzene rings is 2. The van der Waals surface area contributed by atoms with Crippen LogP contribution in [0.1, 0.15) is 30.4 Å². The first-order chi connectivity index (χ1) is 13.3. The molecule has 0 spiro atoms. The number of hydrogen-bond donors (Lipinski definition) is 1. The minimum Gasteiger partial charge on any atom is -0.326 e. The van der Waals surface area contributed by atoms with Crippen molar-refractivity contribution in [3.8, 4) is 0 Å². The van der Waals surface area contributed by atoms with Crippen molar-refractivity contribution >= 4 is 27.3 Å². The third kappa shape index (κ3) is 3.18. The van der Waals surface area contributed by atoms with Gasteiger partial charge in [-0.1, -0.05) is 17.7 Å². The van der Waals surface area contributed by atoms with Crippen LogP contribution in [0.4, 0.5) is 11.4 Å². The van der Waals surface area contributed by atoms with Crippen LogP contribution >= 0.6 is 0 Å². The lowest BCUT2D eigenvalue weighted by Gasteiger charge is -2.36. The lowest BCUT2D eigenvalue weighted by molar-refractivity contribution is -0.114. The molecule has 2 heterocycles. The molecule has 0 saturated carbocycles. The number of rotatable bonds is 3. The number of carbonyl (C=O) groups excluding carboxylic acids is 1. The molecule has 4 rings (SSSR count). The highest BCUT2D eigenvalue weighted by Gasteiger charge is 2.46. The van der Waals surface area contributed by atoms with Crippen molar-refractivity contribution in [3.63, 3.8) is 0 Å². The standard InChI is InChI=1S/C21H25N3O3S/c1-14-4-9-20-18(12-14)19-13-23(3)11-10-21(19)24(20)28(26,27)17-7-5-16(6-8-17)22-15(2)25/h4-9,12,19,21H,10-11,13H2,1-3H3,(H,22,25)/t19-,21+/m1/s1. The van der Waals surface area contributed by atoms with E-state index in [1.165, 1.54) is 6.92 Å². The van der Waals surface area contributed by atoms with Crippen molar-refractivity contribution in [1.82, 2.24) is 4.90 Å². The predicted molar refractivity (Wildman–Crippen MR) is 110 cm³/mol. The Balaban J connectivity index is 1.75. The van der Waals surface area contributed by atoms with Crippen LogP contribution in [0, 0.1) is 6.92 Å². The van der Waals surface area contributed by atoms with Gasteiger partial charge in [-0.2, -0.15) is 0 Å². The number of nitrogens with zero attached hydrogens (tertiary/aromatic N) is 2. The Hall–Kier alpha value is -2.38. The maximum Gasteiger partial charge on any atom is 0.264 e. The molecule has 0 aromatic heterocycles. The maximum absolute atomic E-state index is 13.6. The zero-order chi connectivity index (χ0) is 20.1. The normalized spacial score (nSPS) is 21.9. The summed E-state index contributed by atoms with van der Waals surface area (Å²) in [5, 5.41) is 2.67. The molecule has 2 atom stereocenters. The first kappa shape index (κ1) is 19.0. The van der Waals surface area contributed by atoms with E-state index in [0.717, 1.165) is 36.3 Å². The molecule has 148 valence electrons. The number of aryl methyl sites for hydroxylation is 1. The number of piperidine rings is 1. The SMILES string of the molecule is CC(=O)Nc1ccc(S(=O)(=O)N2c3ccc(C)cc3[C@H]3CN(C)CC[C@@H]32)cc1. The Morgan fingerprint density at radius 2 is 1.86 bits per heavy atom. The Morgan fingerprint density at radius 3 is 2.54 bits per heavy atom. The highest BCUT2D eigenvalue weighted by Crippen LogP contribution is 2.47. The second-order valence-electron chi connectivity index (χ2n) is 7.79. The van der Waals surface area contributed by atoms with E-state index in [1.807, 2.05) is 19.1 Å². The smallest absolute Gasteiger partial charge is 0.264 e. The van der Waals surface area contributed by atoms with Crippen molar-refractivity contribution in [2.75, 3.05) is 29.8 Å². The van der Waals surface area contributed by atoms with Gasteiger partial charge in [-0.3, -0.25) is 9.10 Å². The van der Waals surface area contributed by atoms with Crippen molar-refractivity contribution in [2.24, 2.45) is 0 Å². The van der Waals surface area contributed by atoms with Gasteiger partial charge in [0.05, 0.1) is 16.6 Å². The van der Waals surface area contributed by atoms with E-state index in [9.17, 15) is 13.2 Å². The number of sulfonamides is 1. The molecule has 0 bridgehead atoms. The summed E-state index contributed by atoms with van der Waals surface area (Å²) >= 11 is 0. The van der Waals surface area contributed by atoms with Crippen molar-refractivity contribution in [1.29, 1.82) is 0 Å². The number of likely N-dealkylation sites (tertiary alicyclic amines) is 1. The van der Waals surface area contributed by atoms with E-state index < -0.39 is 10.0 Å². The molecular formula is C21H25N3O3S. The van der Waals surface area contributed by atoms with Crippen LogP contribution in [-0.4, -0.2) is 45.4 Å². The van der Waals surface area contributed by atoms with Gasteiger partial charge in [0, 0.05) is 25.1 Å². The van der Waals surface area contributed by atoms with Crippen molar-refractivity contribution in [2.45, 2.75) is 37.1 Å². The molecule has 1 N–H and O–H groups in total. The van der Waals surface area contributed by atoms with Crippen LogP contribution in [0.3, 0.4) is 0 Å². The van der Waals surface area contributed by atoms with Gasteiger partial charge in [-0.15, -0.1) is 0 Å². The van der Waals surface area contributed by atoms with E-state index in [0.29, 0.717) is 5.69 Å². The van der Waals surface area contributed by atoms with Crippen molar-refractivity contribution in [3.05, 3.63) is 53.6 Å². The second-order valence-corrected chi connectivity index (χ2v) is 9.61. The van der Waals surface area contributed by atoms with E-state index in [-0.39, 0.29) is 22.8 Å². The van der Waals surface area contributed by atoms with E-state index >= 15 is 0 Å². The molecule has 2 aromatic carbocycles. The van der Waals surface area contributed by atoms with Gasteiger partial charge in [0.15, 0.2) is 0 Å². The quantitative estimate of drug-likeness (QED) is 0.862. The fraction of sp³-hybridized carbons (Fsp3) is 0.381. The van der Waals surface area contributed by atoms with Crippen LogP contribution in [-0.2, 0) is 14.8 Å². The Kier molecular flexibility index (Phi) is 4.67. The number of nitrogens with one attached hydrogen (secondary N) is 1. The van der Waals surface area contributed by atoms with Crippen molar-refractivity contribution < 1.29 is 13.2 Å². The number of likely N-dealkylation sites (N-methyl/N-ethyl adjacent to an activating group) is 1. The fourth-order valence-electron chi connectivity index (χ4n) is 4.37. The first-order valence-corrected chi connectivity index (χ1v) is 10.9. The van der Waals surface area contributed by atoms with Crippen LogP contribution in [0.5, 0.6) is 0 Å². The summed E-state index contributed by atoms with van der Waals surface area (Å²) < 4.78 is 28.8. The number of fused-ring (bicyclic) bond motifs is 3. The number of amides is 1. The second kappa shape index (κ2) is 6.90. The van der Waals surface area contributed by atoms with Gasteiger partial charge < -0.3 is 10.2 Å². The van der Waals surface area contributed by atoms with Gasteiger partial charge in [0.1, 0.15) is 0 Å². The summed E-state index contributed by atoms with van der Waals surface area (Å²) in [7, 11) is -1.61. The lowest BCUT2D eigenvalue weighted by Crippen LogP contribution is -2.47. The lowest BCUT2D eigenvalue weighted by atomic mass is 9.89. The van der Waals surface area contributed by atoms with Gasteiger partial charge in [0.2, 0.25) is 5.91 Å². The monoisotopic (exact) mass is 399 g/mol. The molecule has 1 saturated heterocycles. The van der Waals surface area contributed by atoms with Crippen LogP contribution in [0.25, 0.3) is 0 Å². The molecule has 6 nitrogen and oxygen atoms in total. The van der Waals surface area contributed by atoms with Gasteiger partial charge >= 0.3 is 0 Å². The molecule has 0 aliphatic carbocycles. The molecule has 1 amide bonds. The van der Waals surface area contributed by atoms with E-state index in [4.69, 9.17) is 0 Å². The van der Waals surface area contributed by atoms with Gasteiger partial charge in [0.25, 0.3) is 10.0 Å². The third-order valence-electron chi connectivity index (χ3n) is 5.63. The number of carbonyl (C=O) groups is 1. The average Bonchev–Trinajstić information content (AvgIpc) is 2.95. The van der Waals surface area contributed by atoms with Crippen LogP contribution in [0.15, 0.2) is 47.4 Å². The summed E-state index contributed by atoms with van der Waals surface area (Å²) in [6.45, 7) is 5.20. The molecule has 2 aromatic rings. The molecule has 7 heteroatoms. The van der Waals surface area contributed by atoms with E-state index in [1.54, 1.807) is 28.6 Å². The Morgan fingerprint density at radius 1 is 1.14 bits per heavy atom. The third-order valence-corrected chi connectivity index (χ3v) is 7.49. The molecular weight excluding hydrogens is 374 g/mol. The maximum atomic E-state index is 13.6. The summed E-state index contributed by atoms with van der Waals surface area (Å²) in [5.74, 6) is -0.00399. The highest BCUT2D eigenvalue weighted by molar-refractivity contribution is 7.92. The Bertz CT molecular complexity index is 1020. The predicted octanol–water partition coefficient (Wildman–Crippen LogP) is 2.95. The van der Waals surface area contributed by atoms with Crippen LogP contribution < -0.4 is 9.62 Å². The van der Waals surface area contributed by atoms with E-state index in [2.05, 4.69) is 23.3 Å². The molecule has 0 radical (unpaired) electrons. The van der Waals surface area contributed by atoms with Crippen LogP contribution in [0.2, 0.25) is 0 Å². The molecule has 2 aliphatic heterocycles. The largest absolute Gasteiger partial charge is 0.326 e. The number of anilines is 2. The summed E-state index contributed by atoms with van der Waals surface area (Å²) in [6.07, 6.45) is 0.804. The molecule has 0 unspecified atom stereocenters. The van der Waals surface area contributed by atoms with Gasteiger partial charge in [-0.05, 0) is 62.8 Å². The fourth-order valence-corrected chi connectivity index (χ4v) is 6.12. The zero-order valence-electron chi connectivity index (χ0n) is 16.3. The molecule has 1 fully saturated rings. The molecule has 2 aliphatic rings. The molecule has 28 heavy (non-hydrogen) atoms.